The van der Waals surface area contributed by atoms with Crippen molar-refractivity contribution in [3.8, 4) is 0 Å². The van der Waals surface area contributed by atoms with Crippen molar-refractivity contribution >= 4 is 12.1 Å². The van der Waals surface area contributed by atoms with Gasteiger partial charge in [0.05, 0.1) is 0 Å². The molecule has 0 saturated carbocycles. The number of nitrogens with one attached hydrogen (secondary N) is 3. The van der Waals surface area contributed by atoms with Gasteiger partial charge in [-0.1, -0.05) is 0 Å². The minimum atomic E-state index is -0.446. The fourth-order valence-corrected chi connectivity index (χ4v) is 3.91. The first kappa shape index (κ1) is 21.8. The number of rotatable bonds is 4. The zero-order valence-electron chi connectivity index (χ0n) is 18.2. The number of piperidine rings is 1. The van der Waals surface area contributed by atoms with E-state index in [9.17, 15) is 4.79 Å². The molecule has 2 bridgehead atoms. The molecular formula is C20H39N5O2. The number of amides is 1. The fourth-order valence-electron chi connectivity index (χ4n) is 3.91. The lowest BCUT2D eigenvalue weighted by Gasteiger charge is -2.40. The molecule has 2 heterocycles. The van der Waals surface area contributed by atoms with Crippen LogP contribution in [-0.4, -0.2) is 66.4 Å². The fraction of sp³-hybridized carbons (Fsp3) is 0.900. The number of aliphatic imine (C=N–C) groups is 1. The van der Waals surface area contributed by atoms with Crippen LogP contribution in [0.25, 0.3) is 0 Å². The van der Waals surface area contributed by atoms with Crippen LogP contribution in [0.1, 0.15) is 67.2 Å². The van der Waals surface area contributed by atoms with Crippen molar-refractivity contribution < 1.29 is 9.53 Å². The molecule has 2 rings (SSSR count). The minimum Gasteiger partial charge on any atom is -0.444 e. The van der Waals surface area contributed by atoms with Gasteiger partial charge in [-0.15, -0.1) is 0 Å². The summed E-state index contributed by atoms with van der Waals surface area (Å²) in [5.74, 6) is 0.834. The molecule has 1 amide bonds. The van der Waals surface area contributed by atoms with E-state index in [0.717, 1.165) is 44.7 Å². The van der Waals surface area contributed by atoms with Crippen LogP contribution in [0, 0.1) is 0 Å². The molecule has 2 fully saturated rings. The van der Waals surface area contributed by atoms with E-state index in [0.29, 0.717) is 6.04 Å². The third-order valence-electron chi connectivity index (χ3n) is 4.97. The molecule has 2 atom stereocenters. The van der Waals surface area contributed by atoms with E-state index in [4.69, 9.17) is 4.74 Å². The van der Waals surface area contributed by atoms with Crippen LogP contribution in [0.15, 0.2) is 4.99 Å². The average Bonchev–Trinajstić information content (AvgIpc) is 2.79. The molecule has 27 heavy (non-hydrogen) atoms. The Bertz CT molecular complexity index is 521. The predicted octanol–water partition coefficient (Wildman–Crippen LogP) is 2.47. The molecule has 7 nitrogen and oxygen atoms in total. The van der Waals surface area contributed by atoms with Gasteiger partial charge in [0.1, 0.15) is 5.60 Å². The summed E-state index contributed by atoms with van der Waals surface area (Å²) in [7, 11) is 1.80. The molecule has 3 N–H and O–H groups in total. The average molecular weight is 382 g/mol. The van der Waals surface area contributed by atoms with Crippen LogP contribution in [0.2, 0.25) is 0 Å². The Balaban J connectivity index is 1.82. The van der Waals surface area contributed by atoms with Crippen molar-refractivity contribution in [3.63, 3.8) is 0 Å². The molecule has 0 aromatic carbocycles. The second-order valence-corrected chi connectivity index (χ2v) is 9.76. The normalized spacial score (nSPS) is 26.1. The maximum absolute atomic E-state index is 12.6. The van der Waals surface area contributed by atoms with Crippen molar-refractivity contribution in [2.24, 2.45) is 4.99 Å². The number of carbonyl (C=O) groups excluding carboxylic acids is 1. The Morgan fingerprint density at radius 3 is 2.15 bits per heavy atom. The number of nitrogens with zero attached hydrogens (tertiary/aromatic N) is 2. The van der Waals surface area contributed by atoms with Gasteiger partial charge in [0, 0.05) is 43.8 Å². The smallest absolute Gasteiger partial charge is 0.410 e. The van der Waals surface area contributed by atoms with Gasteiger partial charge >= 0.3 is 6.09 Å². The van der Waals surface area contributed by atoms with Crippen molar-refractivity contribution in [1.29, 1.82) is 0 Å². The summed E-state index contributed by atoms with van der Waals surface area (Å²) in [4.78, 5) is 18.9. The Morgan fingerprint density at radius 1 is 1.07 bits per heavy atom. The van der Waals surface area contributed by atoms with Crippen LogP contribution in [-0.2, 0) is 4.74 Å². The standard InChI is InChI=1S/C20H39N5O2/c1-19(2,3)23-11-10-22-17(21-7)24-14-12-15-8-9-16(13-14)25(15)18(26)27-20(4,5)6/h14-16,23H,8-13H2,1-7H3,(H2,21,22,24). The van der Waals surface area contributed by atoms with Gasteiger partial charge in [-0.05, 0) is 67.2 Å². The molecule has 2 unspecified atom stereocenters. The van der Waals surface area contributed by atoms with Crippen molar-refractivity contribution in [2.45, 2.75) is 96.5 Å². The van der Waals surface area contributed by atoms with Crippen LogP contribution in [0.3, 0.4) is 0 Å². The van der Waals surface area contributed by atoms with E-state index in [-0.39, 0.29) is 23.7 Å². The first-order valence-electron chi connectivity index (χ1n) is 10.2. The summed E-state index contributed by atoms with van der Waals surface area (Å²) in [5.41, 5.74) is -0.328. The van der Waals surface area contributed by atoms with E-state index >= 15 is 0 Å². The third kappa shape index (κ3) is 6.87. The van der Waals surface area contributed by atoms with E-state index in [2.05, 4.69) is 41.7 Å². The summed E-state index contributed by atoms with van der Waals surface area (Å²) >= 11 is 0. The quantitative estimate of drug-likeness (QED) is 0.396. The Labute approximate surface area is 164 Å². The molecule has 2 saturated heterocycles. The molecule has 0 aliphatic carbocycles. The van der Waals surface area contributed by atoms with Gasteiger partial charge in [0.15, 0.2) is 5.96 Å². The molecule has 2 aliphatic rings. The number of carbonyl (C=O) groups is 1. The maximum atomic E-state index is 12.6. The van der Waals surface area contributed by atoms with Crippen LogP contribution >= 0.6 is 0 Å². The zero-order chi connectivity index (χ0) is 20.2. The van der Waals surface area contributed by atoms with E-state index < -0.39 is 5.60 Å². The maximum Gasteiger partial charge on any atom is 0.410 e. The van der Waals surface area contributed by atoms with Crippen LogP contribution < -0.4 is 16.0 Å². The Kier molecular flexibility index (Phi) is 7.00. The molecule has 7 heteroatoms. The highest BCUT2D eigenvalue weighted by Gasteiger charge is 2.45. The highest BCUT2D eigenvalue weighted by atomic mass is 16.6. The van der Waals surface area contributed by atoms with E-state index in [1.54, 1.807) is 7.05 Å². The lowest BCUT2D eigenvalue weighted by atomic mass is 9.98. The largest absolute Gasteiger partial charge is 0.444 e. The first-order valence-corrected chi connectivity index (χ1v) is 10.2. The van der Waals surface area contributed by atoms with Gasteiger partial charge in [-0.3, -0.25) is 4.99 Å². The molecule has 0 aromatic heterocycles. The highest BCUT2D eigenvalue weighted by Crippen LogP contribution is 2.36. The summed E-state index contributed by atoms with van der Waals surface area (Å²) < 4.78 is 5.61. The lowest BCUT2D eigenvalue weighted by Crippen LogP contribution is -2.55. The number of hydrogen-bond acceptors (Lipinski definition) is 4. The number of ether oxygens (including phenoxy) is 1. The molecular weight excluding hydrogens is 342 g/mol. The minimum absolute atomic E-state index is 0.117. The first-order chi connectivity index (χ1) is 12.5. The monoisotopic (exact) mass is 381 g/mol. The van der Waals surface area contributed by atoms with Crippen molar-refractivity contribution in [2.75, 3.05) is 20.1 Å². The molecule has 0 radical (unpaired) electrons. The van der Waals surface area contributed by atoms with Crippen molar-refractivity contribution in [1.82, 2.24) is 20.9 Å². The van der Waals surface area contributed by atoms with Crippen LogP contribution in [0.5, 0.6) is 0 Å². The SMILES string of the molecule is CN=C(NCCNC(C)(C)C)NC1CC2CCC(C1)N2C(=O)OC(C)(C)C. The number of hydrogen-bond donors (Lipinski definition) is 3. The zero-order valence-corrected chi connectivity index (χ0v) is 18.2. The predicted molar refractivity (Wildman–Crippen MR) is 110 cm³/mol. The molecule has 0 aromatic rings. The number of guanidine groups is 1. The molecule has 2 aliphatic heterocycles. The van der Waals surface area contributed by atoms with E-state index in [1.807, 2.05) is 25.7 Å². The van der Waals surface area contributed by atoms with Crippen molar-refractivity contribution in [3.05, 3.63) is 0 Å². The Morgan fingerprint density at radius 2 is 1.67 bits per heavy atom. The summed E-state index contributed by atoms with van der Waals surface area (Å²) in [6.07, 6.45) is 3.84. The van der Waals surface area contributed by atoms with Gasteiger partial charge in [0.25, 0.3) is 0 Å². The van der Waals surface area contributed by atoms with Gasteiger partial charge < -0.3 is 25.6 Å². The summed E-state index contributed by atoms with van der Waals surface area (Å²) in [6, 6.07) is 0.858. The lowest BCUT2D eigenvalue weighted by molar-refractivity contribution is 0.00545. The van der Waals surface area contributed by atoms with Gasteiger partial charge in [-0.2, -0.15) is 0 Å². The van der Waals surface area contributed by atoms with Crippen LogP contribution in [0.4, 0.5) is 4.79 Å². The third-order valence-corrected chi connectivity index (χ3v) is 4.97. The van der Waals surface area contributed by atoms with E-state index in [1.165, 1.54) is 0 Å². The summed E-state index contributed by atoms with van der Waals surface area (Å²) in [5, 5.41) is 10.4. The Hall–Kier alpha value is -1.50. The topological polar surface area (TPSA) is 78.0 Å². The molecule has 0 spiro atoms. The number of fused-ring (bicyclic) bond motifs is 2. The van der Waals surface area contributed by atoms with Gasteiger partial charge in [-0.25, -0.2) is 4.79 Å². The second kappa shape index (κ2) is 8.67. The van der Waals surface area contributed by atoms with Gasteiger partial charge in [0.2, 0.25) is 0 Å². The summed E-state index contributed by atoms with van der Waals surface area (Å²) in [6.45, 7) is 14.0. The second-order valence-electron chi connectivity index (χ2n) is 9.76. The highest BCUT2D eigenvalue weighted by molar-refractivity contribution is 5.80. The molecule has 156 valence electrons.